The molecule has 1 aliphatic heterocycles. The largest absolute Gasteiger partial charge is 0.481 e. The Morgan fingerprint density at radius 1 is 1.11 bits per heavy atom. The Bertz CT molecular complexity index is 1050. The number of hydrogen-bond donors (Lipinski definition) is 2. The van der Waals surface area contributed by atoms with Gasteiger partial charge in [-0.15, -0.1) is 0 Å². The fourth-order valence-electron chi connectivity index (χ4n) is 5.09. The maximum Gasteiger partial charge on any atom is 0.407 e. The maximum absolute atomic E-state index is 13.3. The first kappa shape index (κ1) is 25.1. The van der Waals surface area contributed by atoms with E-state index in [0.717, 1.165) is 22.3 Å². The molecular weight excluding hydrogens is 464 g/mol. The molecule has 8 heteroatoms. The van der Waals surface area contributed by atoms with Crippen molar-refractivity contribution in [3.8, 4) is 11.1 Å². The maximum atomic E-state index is 13.3. The minimum absolute atomic E-state index is 0.0105. The number of hydrogen-bond acceptors (Lipinski definition) is 5. The molecule has 7 nitrogen and oxygen atoms in total. The summed E-state index contributed by atoms with van der Waals surface area (Å²) in [6, 6.07) is 15.5. The molecule has 2 N–H and O–H groups in total. The van der Waals surface area contributed by atoms with E-state index in [1.807, 2.05) is 37.4 Å². The third-order valence-corrected chi connectivity index (χ3v) is 7.78. The number of benzene rings is 2. The number of aliphatic carboxylic acids is 1. The standard InChI is InChI=1S/C27H32N2O5S/c1-17-11-13-29(15-22(17)26(31)32)25(30)24(12-14-35-2)28-27(33)34-16-23-20-9-5-3-7-18(20)19-8-4-6-10-21(19)23/h3-10,17,22-24H,11-16H2,1-2H3,(H,28,33)(H,31,32)/t17?,22?,24-/m1/s1. The van der Waals surface area contributed by atoms with Crippen LogP contribution in [0.4, 0.5) is 4.79 Å². The van der Waals surface area contributed by atoms with Crippen molar-refractivity contribution in [2.75, 3.05) is 31.7 Å². The Kier molecular flexibility index (Phi) is 8.00. The quantitative estimate of drug-likeness (QED) is 0.568. The summed E-state index contributed by atoms with van der Waals surface area (Å²) < 4.78 is 5.64. The van der Waals surface area contributed by atoms with Crippen molar-refractivity contribution >= 4 is 29.7 Å². The van der Waals surface area contributed by atoms with Gasteiger partial charge < -0.3 is 20.1 Å². The molecular formula is C27H32N2O5S. The molecule has 35 heavy (non-hydrogen) atoms. The van der Waals surface area contributed by atoms with Gasteiger partial charge >= 0.3 is 12.1 Å². The van der Waals surface area contributed by atoms with Gasteiger partial charge in [-0.3, -0.25) is 9.59 Å². The van der Waals surface area contributed by atoms with Crippen LogP contribution in [0.1, 0.15) is 36.8 Å². The van der Waals surface area contributed by atoms with Crippen LogP contribution in [-0.2, 0) is 14.3 Å². The van der Waals surface area contributed by atoms with Crippen molar-refractivity contribution in [3.63, 3.8) is 0 Å². The number of alkyl carbamates (subject to hydrolysis) is 1. The van der Waals surface area contributed by atoms with Crippen molar-refractivity contribution < 1.29 is 24.2 Å². The van der Waals surface area contributed by atoms with Crippen molar-refractivity contribution in [3.05, 3.63) is 59.7 Å². The van der Waals surface area contributed by atoms with E-state index in [2.05, 4.69) is 29.6 Å². The lowest BCUT2D eigenvalue weighted by molar-refractivity contribution is -0.148. The number of nitrogens with one attached hydrogen (secondary N) is 1. The molecule has 0 saturated carbocycles. The third kappa shape index (κ3) is 5.48. The molecule has 0 spiro atoms. The molecule has 1 heterocycles. The molecule has 0 radical (unpaired) electrons. The number of rotatable bonds is 8. The molecule has 2 unspecified atom stereocenters. The summed E-state index contributed by atoms with van der Waals surface area (Å²) in [5.41, 5.74) is 4.55. The van der Waals surface area contributed by atoms with Gasteiger partial charge in [-0.2, -0.15) is 11.8 Å². The van der Waals surface area contributed by atoms with Crippen LogP contribution >= 0.6 is 11.8 Å². The van der Waals surface area contributed by atoms with Crippen molar-refractivity contribution in [2.45, 2.75) is 31.7 Å². The topological polar surface area (TPSA) is 95.9 Å². The molecule has 2 amide bonds. The lowest BCUT2D eigenvalue weighted by atomic mass is 9.87. The highest BCUT2D eigenvalue weighted by Crippen LogP contribution is 2.44. The van der Waals surface area contributed by atoms with Crippen LogP contribution in [0.15, 0.2) is 48.5 Å². The second kappa shape index (κ2) is 11.2. The third-order valence-electron chi connectivity index (χ3n) is 7.13. The zero-order valence-electron chi connectivity index (χ0n) is 20.1. The molecule has 2 aromatic rings. The summed E-state index contributed by atoms with van der Waals surface area (Å²) >= 11 is 1.59. The number of nitrogens with zero attached hydrogens (tertiary/aromatic N) is 1. The molecule has 1 aliphatic carbocycles. The normalized spacial score (nSPS) is 20.0. The van der Waals surface area contributed by atoms with E-state index in [1.165, 1.54) is 0 Å². The van der Waals surface area contributed by atoms with Crippen molar-refractivity contribution in [1.29, 1.82) is 0 Å². The lowest BCUT2D eigenvalue weighted by Crippen LogP contribution is -2.53. The number of thioether (sulfide) groups is 1. The van der Waals surface area contributed by atoms with Crippen LogP contribution in [0.25, 0.3) is 11.1 Å². The fourth-order valence-corrected chi connectivity index (χ4v) is 5.56. The van der Waals surface area contributed by atoms with Gasteiger partial charge in [0.2, 0.25) is 5.91 Å². The average Bonchev–Trinajstić information content (AvgIpc) is 3.18. The smallest absolute Gasteiger partial charge is 0.407 e. The van der Waals surface area contributed by atoms with Crippen LogP contribution < -0.4 is 5.32 Å². The first-order valence-corrected chi connectivity index (χ1v) is 13.4. The number of likely N-dealkylation sites (tertiary alicyclic amines) is 1. The Balaban J connectivity index is 1.41. The van der Waals surface area contributed by atoms with E-state index in [0.29, 0.717) is 25.1 Å². The first-order chi connectivity index (χ1) is 16.9. The van der Waals surface area contributed by atoms with E-state index < -0.39 is 24.0 Å². The fraction of sp³-hybridized carbons (Fsp3) is 0.444. The summed E-state index contributed by atoms with van der Waals surface area (Å²) in [4.78, 5) is 39.2. The monoisotopic (exact) mass is 496 g/mol. The number of piperidine rings is 1. The van der Waals surface area contributed by atoms with Crippen LogP contribution in [0.3, 0.4) is 0 Å². The number of ether oxygens (including phenoxy) is 1. The zero-order chi connectivity index (χ0) is 24.9. The SMILES string of the molecule is CSCC[C@@H](NC(=O)OCC1c2ccccc2-c2ccccc21)C(=O)N1CCC(C)C(C(=O)O)C1. The van der Waals surface area contributed by atoms with Gasteiger partial charge in [-0.1, -0.05) is 55.5 Å². The summed E-state index contributed by atoms with van der Waals surface area (Å²) in [7, 11) is 0. The van der Waals surface area contributed by atoms with Gasteiger partial charge in [0.1, 0.15) is 12.6 Å². The second-order valence-electron chi connectivity index (χ2n) is 9.30. The highest BCUT2D eigenvalue weighted by Gasteiger charge is 2.36. The highest BCUT2D eigenvalue weighted by molar-refractivity contribution is 7.98. The van der Waals surface area contributed by atoms with Crippen molar-refractivity contribution in [1.82, 2.24) is 10.2 Å². The van der Waals surface area contributed by atoms with Gasteiger partial charge in [-0.25, -0.2) is 4.79 Å². The van der Waals surface area contributed by atoms with Crippen LogP contribution in [-0.4, -0.2) is 65.7 Å². The lowest BCUT2D eigenvalue weighted by Gasteiger charge is -2.36. The minimum atomic E-state index is -0.889. The van der Waals surface area contributed by atoms with Crippen LogP contribution in [0.5, 0.6) is 0 Å². The van der Waals surface area contributed by atoms with Gasteiger partial charge in [0.25, 0.3) is 0 Å². The molecule has 186 valence electrons. The van der Waals surface area contributed by atoms with E-state index >= 15 is 0 Å². The van der Waals surface area contributed by atoms with Crippen molar-refractivity contribution in [2.24, 2.45) is 11.8 Å². The predicted molar refractivity (Wildman–Crippen MR) is 136 cm³/mol. The van der Waals surface area contributed by atoms with Gasteiger partial charge in [-0.05, 0) is 53.0 Å². The molecule has 1 fully saturated rings. The molecule has 0 aromatic heterocycles. The van der Waals surface area contributed by atoms with E-state index in [9.17, 15) is 19.5 Å². The average molecular weight is 497 g/mol. The Hall–Kier alpha value is -3.00. The number of fused-ring (bicyclic) bond motifs is 3. The molecule has 1 saturated heterocycles. The summed E-state index contributed by atoms with van der Waals surface area (Å²) in [5.74, 6) is -1.09. The number of amides is 2. The zero-order valence-corrected chi connectivity index (χ0v) is 20.9. The summed E-state index contributed by atoms with van der Waals surface area (Å²) in [6.07, 6.45) is 2.39. The molecule has 0 bridgehead atoms. The number of carbonyl (C=O) groups excluding carboxylic acids is 2. The Morgan fingerprint density at radius 3 is 2.34 bits per heavy atom. The minimum Gasteiger partial charge on any atom is -0.481 e. The van der Waals surface area contributed by atoms with E-state index in [1.54, 1.807) is 16.7 Å². The van der Waals surface area contributed by atoms with E-state index in [4.69, 9.17) is 4.74 Å². The van der Waals surface area contributed by atoms with Crippen LogP contribution in [0, 0.1) is 11.8 Å². The van der Waals surface area contributed by atoms with Gasteiger partial charge in [0.15, 0.2) is 0 Å². The number of carbonyl (C=O) groups is 3. The molecule has 4 rings (SSSR count). The first-order valence-electron chi connectivity index (χ1n) is 12.0. The Morgan fingerprint density at radius 2 is 1.74 bits per heavy atom. The molecule has 2 aromatic carbocycles. The van der Waals surface area contributed by atoms with Gasteiger partial charge in [0, 0.05) is 19.0 Å². The second-order valence-corrected chi connectivity index (χ2v) is 10.3. The summed E-state index contributed by atoms with van der Waals surface area (Å²) in [5, 5.41) is 12.3. The predicted octanol–water partition coefficient (Wildman–Crippen LogP) is 4.22. The highest BCUT2D eigenvalue weighted by atomic mass is 32.2. The van der Waals surface area contributed by atoms with E-state index in [-0.39, 0.29) is 30.9 Å². The van der Waals surface area contributed by atoms with Gasteiger partial charge in [0.05, 0.1) is 5.92 Å². The molecule has 2 aliphatic rings. The Labute approximate surface area is 210 Å². The molecule has 3 atom stereocenters. The van der Waals surface area contributed by atoms with Crippen LogP contribution in [0.2, 0.25) is 0 Å². The number of carboxylic acid groups (broad SMARTS) is 1. The number of carboxylic acids is 1. The summed E-state index contributed by atoms with van der Waals surface area (Å²) in [6.45, 7) is 2.73.